The van der Waals surface area contributed by atoms with Crippen LogP contribution in [0, 0.1) is 6.92 Å². The van der Waals surface area contributed by atoms with Gasteiger partial charge in [0.05, 0.1) is 12.8 Å². The monoisotopic (exact) mass is 241 g/mol. The number of rotatable bonds is 4. The zero-order valence-electron chi connectivity index (χ0n) is 10.3. The van der Waals surface area contributed by atoms with Gasteiger partial charge in [-0.15, -0.1) is 0 Å². The highest BCUT2D eigenvalue weighted by Crippen LogP contribution is 2.20. The van der Waals surface area contributed by atoms with Crippen molar-refractivity contribution in [2.24, 2.45) is 0 Å². The molecule has 0 aliphatic rings. The van der Waals surface area contributed by atoms with Gasteiger partial charge in [-0.2, -0.15) is 0 Å². The first-order chi connectivity index (χ1) is 8.83. The van der Waals surface area contributed by atoms with E-state index in [0.717, 1.165) is 30.2 Å². The zero-order valence-corrected chi connectivity index (χ0v) is 10.3. The van der Waals surface area contributed by atoms with E-state index in [1.807, 2.05) is 43.5 Å². The van der Waals surface area contributed by atoms with E-state index in [4.69, 9.17) is 8.83 Å². The fourth-order valence-corrected chi connectivity index (χ4v) is 2.07. The molecule has 92 valence electrons. The second-order valence-electron chi connectivity index (χ2n) is 4.37. The Bertz CT molecular complexity index is 651. The number of benzene rings is 1. The third-order valence-electron chi connectivity index (χ3n) is 2.97. The van der Waals surface area contributed by atoms with Gasteiger partial charge >= 0.3 is 0 Å². The van der Waals surface area contributed by atoms with Gasteiger partial charge < -0.3 is 14.2 Å². The molecule has 0 bridgehead atoms. The smallest absolute Gasteiger partial charge is 0.134 e. The van der Waals surface area contributed by atoms with Crippen molar-refractivity contribution in [3.8, 4) is 0 Å². The topological polar surface area (TPSA) is 38.3 Å². The van der Waals surface area contributed by atoms with Crippen molar-refractivity contribution >= 4 is 11.0 Å². The second kappa shape index (κ2) is 4.70. The molecule has 0 saturated carbocycles. The molecule has 0 aliphatic carbocycles. The molecular weight excluding hydrogens is 226 g/mol. The van der Waals surface area contributed by atoms with Crippen molar-refractivity contribution < 1.29 is 8.83 Å². The van der Waals surface area contributed by atoms with E-state index in [-0.39, 0.29) is 0 Å². The number of aryl methyl sites for hydroxylation is 1. The summed E-state index contributed by atoms with van der Waals surface area (Å²) in [4.78, 5) is 0. The highest BCUT2D eigenvalue weighted by Gasteiger charge is 2.04. The Balaban J connectivity index is 1.66. The first-order valence-electron chi connectivity index (χ1n) is 6.04. The molecule has 3 nitrogen and oxygen atoms in total. The maximum Gasteiger partial charge on any atom is 0.134 e. The molecule has 0 amide bonds. The van der Waals surface area contributed by atoms with Crippen molar-refractivity contribution in [2.45, 2.75) is 20.0 Å². The molecule has 3 heteroatoms. The first kappa shape index (κ1) is 11.1. The van der Waals surface area contributed by atoms with Crippen LogP contribution in [0.3, 0.4) is 0 Å². The average Bonchev–Trinajstić information content (AvgIpc) is 2.97. The van der Waals surface area contributed by atoms with Gasteiger partial charge in [0.15, 0.2) is 0 Å². The lowest BCUT2D eigenvalue weighted by molar-refractivity contribution is 0.461. The highest BCUT2D eigenvalue weighted by molar-refractivity contribution is 5.80. The molecule has 0 unspecified atom stereocenters. The van der Waals surface area contributed by atoms with Gasteiger partial charge in [-0.05, 0) is 25.1 Å². The molecular formula is C15H15NO2. The van der Waals surface area contributed by atoms with Gasteiger partial charge in [0, 0.05) is 17.5 Å². The van der Waals surface area contributed by atoms with Crippen molar-refractivity contribution in [3.63, 3.8) is 0 Å². The Morgan fingerprint density at radius 1 is 1.06 bits per heavy atom. The minimum atomic E-state index is 0.730. The number of para-hydroxylation sites is 1. The summed E-state index contributed by atoms with van der Waals surface area (Å²) >= 11 is 0. The molecule has 3 aromatic rings. The quantitative estimate of drug-likeness (QED) is 0.758. The third kappa shape index (κ3) is 2.17. The predicted molar refractivity (Wildman–Crippen MR) is 70.2 cm³/mol. The number of nitrogens with one attached hydrogen (secondary N) is 1. The van der Waals surface area contributed by atoms with Crippen LogP contribution >= 0.6 is 0 Å². The molecule has 0 spiro atoms. The molecule has 0 fully saturated rings. The summed E-state index contributed by atoms with van der Waals surface area (Å²) in [5.74, 6) is 1.90. The molecule has 0 saturated heterocycles. The van der Waals surface area contributed by atoms with Crippen molar-refractivity contribution in [2.75, 3.05) is 0 Å². The highest BCUT2D eigenvalue weighted by atomic mass is 16.3. The number of hydrogen-bond acceptors (Lipinski definition) is 3. The Morgan fingerprint density at radius 2 is 1.94 bits per heavy atom. The van der Waals surface area contributed by atoms with E-state index in [9.17, 15) is 0 Å². The SMILES string of the molecule is Cc1ccc(CNCc2coc3ccccc23)o1. The summed E-state index contributed by atoms with van der Waals surface area (Å²) in [7, 11) is 0. The van der Waals surface area contributed by atoms with E-state index in [1.165, 1.54) is 10.9 Å². The number of fused-ring (bicyclic) bond motifs is 1. The Kier molecular flexibility index (Phi) is 2.90. The molecule has 2 heterocycles. The van der Waals surface area contributed by atoms with Crippen LogP contribution in [0.4, 0.5) is 0 Å². The van der Waals surface area contributed by atoms with Gasteiger partial charge in [0.1, 0.15) is 17.1 Å². The molecule has 1 N–H and O–H groups in total. The van der Waals surface area contributed by atoms with E-state index in [1.54, 1.807) is 0 Å². The summed E-state index contributed by atoms with van der Waals surface area (Å²) in [6.45, 7) is 3.46. The van der Waals surface area contributed by atoms with Crippen molar-refractivity contribution in [1.29, 1.82) is 0 Å². The summed E-state index contributed by atoms with van der Waals surface area (Å²) < 4.78 is 11.0. The van der Waals surface area contributed by atoms with Crippen LogP contribution in [-0.2, 0) is 13.1 Å². The van der Waals surface area contributed by atoms with Gasteiger partial charge in [0.25, 0.3) is 0 Å². The Labute approximate surface area is 105 Å². The molecule has 2 aromatic heterocycles. The third-order valence-corrected chi connectivity index (χ3v) is 2.97. The molecule has 3 rings (SSSR count). The first-order valence-corrected chi connectivity index (χ1v) is 6.04. The fourth-order valence-electron chi connectivity index (χ4n) is 2.07. The van der Waals surface area contributed by atoms with Crippen LogP contribution in [0.1, 0.15) is 17.1 Å². The van der Waals surface area contributed by atoms with E-state index < -0.39 is 0 Å². The van der Waals surface area contributed by atoms with Gasteiger partial charge in [-0.25, -0.2) is 0 Å². The lowest BCUT2D eigenvalue weighted by atomic mass is 10.2. The standard InChI is InChI=1S/C15H15NO2/c1-11-6-7-13(18-11)9-16-8-12-10-17-15-5-3-2-4-14(12)15/h2-7,10,16H,8-9H2,1H3. The minimum absolute atomic E-state index is 0.730. The van der Waals surface area contributed by atoms with Crippen LogP contribution in [0.25, 0.3) is 11.0 Å². The lowest BCUT2D eigenvalue weighted by Gasteiger charge is -2.00. The van der Waals surface area contributed by atoms with Crippen LogP contribution in [-0.4, -0.2) is 0 Å². The van der Waals surface area contributed by atoms with Crippen LogP contribution in [0.2, 0.25) is 0 Å². The van der Waals surface area contributed by atoms with Gasteiger partial charge in [-0.3, -0.25) is 0 Å². The van der Waals surface area contributed by atoms with Gasteiger partial charge in [-0.1, -0.05) is 18.2 Å². The number of hydrogen-bond donors (Lipinski definition) is 1. The normalized spacial score (nSPS) is 11.2. The van der Waals surface area contributed by atoms with E-state index in [0.29, 0.717) is 0 Å². The summed E-state index contributed by atoms with van der Waals surface area (Å²) in [5, 5.41) is 4.52. The summed E-state index contributed by atoms with van der Waals surface area (Å²) in [6, 6.07) is 12.0. The van der Waals surface area contributed by atoms with Crippen LogP contribution < -0.4 is 5.32 Å². The predicted octanol–water partition coefficient (Wildman–Crippen LogP) is 3.62. The molecule has 0 radical (unpaired) electrons. The van der Waals surface area contributed by atoms with E-state index >= 15 is 0 Å². The van der Waals surface area contributed by atoms with Crippen molar-refractivity contribution in [1.82, 2.24) is 5.32 Å². The largest absolute Gasteiger partial charge is 0.465 e. The molecule has 18 heavy (non-hydrogen) atoms. The Morgan fingerprint density at radius 3 is 2.78 bits per heavy atom. The maximum absolute atomic E-state index is 5.50. The zero-order chi connectivity index (χ0) is 12.4. The average molecular weight is 241 g/mol. The molecule has 1 aromatic carbocycles. The fraction of sp³-hybridized carbons (Fsp3) is 0.200. The van der Waals surface area contributed by atoms with Crippen molar-refractivity contribution in [3.05, 3.63) is 59.7 Å². The number of furan rings is 2. The molecule has 0 atom stereocenters. The van der Waals surface area contributed by atoms with Gasteiger partial charge in [0.2, 0.25) is 0 Å². The minimum Gasteiger partial charge on any atom is -0.465 e. The van der Waals surface area contributed by atoms with Crippen LogP contribution in [0.15, 0.2) is 51.5 Å². The van der Waals surface area contributed by atoms with E-state index in [2.05, 4.69) is 11.4 Å². The summed E-state index contributed by atoms with van der Waals surface area (Å²) in [6.07, 6.45) is 1.81. The summed E-state index contributed by atoms with van der Waals surface area (Å²) in [5.41, 5.74) is 2.11. The second-order valence-corrected chi connectivity index (χ2v) is 4.37. The maximum atomic E-state index is 5.50. The Hall–Kier alpha value is -2.00. The van der Waals surface area contributed by atoms with Crippen LogP contribution in [0.5, 0.6) is 0 Å². The lowest BCUT2D eigenvalue weighted by Crippen LogP contribution is -2.11. The molecule has 0 aliphatic heterocycles.